The number of carbonyl (C=O) groups is 1. The van der Waals surface area contributed by atoms with Gasteiger partial charge in [-0.15, -0.1) is 0 Å². The van der Waals surface area contributed by atoms with Crippen LogP contribution in [0.1, 0.15) is 44.9 Å². The Labute approximate surface area is 139 Å². The monoisotopic (exact) mass is 325 g/mol. The zero-order valence-corrected chi connectivity index (χ0v) is 14.4. The zero-order chi connectivity index (χ0) is 16.1. The first kappa shape index (κ1) is 17.2. The van der Waals surface area contributed by atoms with Crippen molar-refractivity contribution in [2.24, 2.45) is 11.3 Å². The van der Waals surface area contributed by atoms with E-state index in [1.165, 1.54) is 12.8 Å². The summed E-state index contributed by atoms with van der Waals surface area (Å²) in [6, 6.07) is 0. The predicted molar refractivity (Wildman–Crippen MR) is 87.3 cm³/mol. The molecule has 2 heterocycles. The molecule has 0 N–H and O–H groups in total. The first-order valence-electron chi connectivity index (χ1n) is 9.19. The van der Waals surface area contributed by atoms with E-state index in [-0.39, 0.29) is 12.5 Å². The van der Waals surface area contributed by atoms with E-state index in [0.717, 1.165) is 65.0 Å². The molecule has 1 aliphatic carbocycles. The summed E-state index contributed by atoms with van der Waals surface area (Å²) in [7, 11) is 1.77. The summed E-state index contributed by atoms with van der Waals surface area (Å²) < 4.78 is 16.8. The Bertz CT molecular complexity index is 384. The Morgan fingerprint density at radius 3 is 2.65 bits per heavy atom. The van der Waals surface area contributed by atoms with Crippen LogP contribution in [0.3, 0.4) is 0 Å². The number of rotatable bonds is 5. The van der Waals surface area contributed by atoms with Crippen LogP contribution in [0.4, 0.5) is 0 Å². The third-order valence-corrected chi connectivity index (χ3v) is 6.15. The van der Waals surface area contributed by atoms with Crippen LogP contribution in [-0.2, 0) is 19.0 Å². The number of ether oxygens (including phenoxy) is 3. The van der Waals surface area contributed by atoms with Gasteiger partial charge in [0.25, 0.3) is 0 Å². The van der Waals surface area contributed by atoms with Gasteiger partial charge in [-0.05, 0) is 37.5 Å². The number of hydrogen-bond donors (Lipinski definition) is 0. The van der Waals surface area contributed by atoms with Gasteiger partial charge in [0.1, 0.15) is 6.61 Å². The van der Waals surface area contributed by atoms with E-state index < -0.39 is 0 Å². The average Bonchev–Trinajstić information content (AvgIpc) is 3.09. The van der Waals surface area contributed by atoms with E-state index in [1.807, 2.05) is 4.90 Å². The van der Waals surface area contributed by atoms with Gasteiger partial charge in [0.15, 0.2) is 0 Å². The third-order valence-electron chi connectivity index (χ3n) is 6.15. The van der Waals surface area contributed by atoms with E-state index in [2.05, 4.69) is 0 Å². The SMILES string of the molecule is COC[C@@H]1COCCC12CCN(C(=O)COC1CCCC1)CC2. The summed E-state index contributed by atoms with van der Waals surface area (Å²) in [6.07, 6.45) is 8.28. The lowest BCUT2D eigenvalue weighted by molar-refractivity contribution is -0.144. The molecule has 23 heavy (non-hydrogen) atoms. The normalized spacial score (nSPS) is 28.4. The maximum Gasteiger partial charge on any atom is 0.248 e. The Kier molecular flexibility index (Phi) is 5.94. The van der Waals surface area contributed by atoms with Crippen molar-refractivity contribution in [3.05, 3.63) is 0 Å². The zero-order valence-electron chi connectivity index (χ0n) is 14.4. The van der Waals surface area contributed by atoms with Gasteiger partial charge in [-0.2, -0.15) is 0 Å². The number of likely N-dealkylation sites (tertiary alicyclic amines) is 1. The van der Waals surface area contributed by atoms with Crippen LogP contribution in [0.25, 0.3) is 0 Å². The summed E-state index contributed by atoms with van der Waals surface area (Å²) >= 11 is 0. The van der Waals surface area contributed by atoms with Crippen molar-refractivity contribution in [2.75, 3.05) is 46.6 Å². The average molecular weight is 325 g/mol. The Morgan fingerprint density at radius 1 is 1.22 bits per heavy atom. The lowest BCUT2D eigenvalue weighted by Crippen LogP contribution is -2.51. The molecule has 1 amide bonds. The Balaban J connectivity index is 1.47. The van der Waals surface area contributed by atoms with Gasteiger partial charge in [-0.3, -0.25) is 4.79 Å². The third kappa shape index (κ3) is 4.06. The van der Waals surface area contributed by atoms with Crippen LogP contribution in [0, 0.1) is 11.3 Å². The molecular formula is C18H31NO4. The quantitative estimate of drug-likeness (QED) is 0.778. The standard InChI is InChI=1S/C18H31NO4/c1-21-12-15-13-22-11-8-18(15)6-9-19(10-7-18)17(20)14-23-16-4-2-3-5-16/h15-16H,2-14H2,1H3/t15-/m1/s1. The molecule has 2 aliphatic heterocycles. The van der Waals surface area contributed by atoms with Crippen molar-refractivity contribution in [1.29, 1.82) is 0 Å². The van der Waals surface area contributed by atoms with E-state index in [1.54, 1.807) is 7.11 Å². The Morgan fingerprint density at radius 2 is 1.96 bits per heavy atom. The minimum atomic E-state index is 0.169. The van der Waals surface area contributed by atoms with Gasteiger partial charge in [0.05, 0.1) is 19.3 Å². The van der Waals surface area contributed by atoms with Crippen molar-refractivity contribution >= 4 is 5.91 Å². The van der Waals surface area contributed by atoms with Gasteiger partial charge in [-0.25, -0.2) is 0 Å². The molecule has 1 spiro atoms. The number of nitrogens with zero attached hydrogens (tertiary/aromatic N) is 1. The smallest absolute Gasteiger partial charge is 0.248 e. The minimum absolute atomic E-state index is 0.169. The summed E-state index contributed by atoms with van der Waals surface area (Å²) in [5.41, 5.74) is 0.303. The van der Waals surface area contributed by atoms with Gasteiger partial charge >= 0.3 is 0 Å². The lowest BCUT2D eigenvalue weighted by atomic mass is 9.66. The topological polar surface area (TPSA) is 48.0 Å². The number of methoxy groups -OCH3 is 1. The lowest BCUT2D eigenvalue weighted by Gasteiger charge is -2.48. The van der Waals surface area contributed by atoms with Crippen LogP contribution in [0.5, 0.6) is 0 Å². The highest BCUT2D eigenvalue weighted by Crippen LogP contribution is 2.44. The molecule has 5 nitrogen and oxygen atoms in total. The van der Waals surface area contributed by atoms with Crippen molar-refractivity contribution < 1.29 is 19.0 Å². The molecule has 1 atom stereocenters. The Hall–Kier alpha value is -0.650. The fourth-order valence-electron chi connectivity index (χ4n) is 4.50. The maximum atomic E-state index is 12.4. The van der Waals surface area contributed by atoms with Crippen molar-refractivity contribution in [2.45, 2.75) is 51.0 Å². The molecule has 2 saturated heterocycles. The van der Waals surface area contributed by atoms with Crippen LogP contribution in [0.2, 0.25) is 0 Å². The summed E-state index contributed by atoms with van der Waals surface area (Å²) in [6.45, 7) is 4.38. The molecule has 0 unspecified atom stereocenters. The van der Waals surface area contributed by atoms with Gasteiger partial charge in [0.2, 0.25) is 5.91 Å². The molecular weight excluding hydrogens is 294 g/mol. The maximum absolute atomic E-state index is 12.4. The van der Waals surface area contributed by atoms with Crippen LogP contribution >= 0.6 is 0 Å². The predicted octanol–water partition coefficient (Wildman–Crippen LogP) is 2.24. The van der Waals surface area contributed by atoms with E-state index in [0.29, 0.717) is 17.4 Å². The minimum Gasteiger partial charge on any atom is -0.384 e. The molecule has 3 fully saturated rings. The molecule has 0 aromatic rings. The van der Waals surface area contributed by atoms with Crippen molar-refractivity contribution in [3.63, 3.8) is 0 Å². The van der Waals surface area contributed by atoms with Crippen molar-refractivity contribution in [3.8, 4) is 0 Å². The fraction of sp³-hybridized carbons (Fsp3) is 0.944. The second kappa shape index (κ2) is 7.95. The summed E-state index contributed by atoms with van der Waals surface area (Å²) in [5.74, 6) is 0.635. The molecule has 0 bridgehead atoms. The molecule has 132 valence electrons. The van der Waals surface area contributed by atoms with Crippen LogP contribution in [-0.4, -0.2) is 63.5 Å². The number of hydrogen-bond acceptors (Lipinski definition) is 4. The number of carbonyl (C=O) groups excluding carboxylic acids is 1. The fourth-order valence-corrected chi connectivity index (χ4v) is 4.50. The van der Waals surface area contributed by atoms with Gasteiger partial charge < -0.3 is 19.1 Å². The van der Waals surface area contributed by atoms with E-state index in [4.69, 9.17) is 14.2 Å². The summed E-state index contributed by atoms with van der Waals surface area (Å²) in [4.78, 5) is 14.4. The van der Waals surface area contributed by atoms with Crippen LogP contribution in [0.15, 0.2) is 0 Å². The number of piperidine rings is 1. The first-order valence-corrected chi connectivity index (χ1v) is 9.19. The van der Waals surface area contributed by atoms with Gasteiger partial charge in [0, 0.05) is 32.7 Å². The second-order valence-corrected chi connectivity index (χ2v) is 7.44. The molecule has 1 saturated carbocycles. The molecule has 5 heteroatoms. The summed E-state index contributed by atoms with van der Waals surface area (Å²) in [5, 5.41) is 0. The molecule has 3 aliphatic rings. The highest BCUT2D eigenvalue weighted by atomic mass is 16.5. The molecule has 0 aromatic heterocycles. The highest BCUT2D eigenvalue weighted by Gasteiger charge is 2.44. The second-order valence-electron chi connectivity index (χ2n) is 7.44. The van der Waals surface area contributed by atoms with Gasteiger partial charge in [-0.1, -0.05) is 12.8 Å². The molecule has 3 rings (SSSR count). The highest BCUT2D eigenvalue weighted by molar-refractivity contribution is 5.77. The van der Waals surface area contributed by atoms with Crippen LogP contribution < -0.4 is 0 Å². The molecule has 0 radical (unpaired) electrons. The van der Waals surface area contributed by atoms with E-state index in [9.17, 15) is 4.79 Å². The molecule has 0 aromatic carbocycles. The van der Waals surface area contributed by atoms with E-state index >= 15 is 0 Å². The number of amides is 1. The first-order chi connectivity index (χ1) is 11.2. The van der Waals surface area contributed by atoms with Crippen molar-refractivity contribution in [1.82, 2.24) is 4.90 Å². The largest absolute Gasteiger partial charge is 0.384 e.